The molecule has 1 aromatic heterocycles. The Morgan fingerprint density at radius 1 is 1.29 bits per heavy atom. The lowest BCUT2D eigenvalue weighted by Gasteiger charge is -2.19. The molecule has 3 rings (SSSR count). The molecule has 2 heterocycles. The van der Waals surface area contributed by atoms with Crippen molar-refractivity contribution in [3.05, 3.63) is 58.9 Å². The minimum atomic E-state index is -0.998. The highest BCUT2D eigenvalue weighted by Gasteiger charge is 2.22. The summed E-state index contributed by atoms with van der Waals surface area (Å²) in [5.74, 6) is -0.998. The number of hydrogen-bond acceptors (Lipinski definition) is 4. The van der Waals surface area contributed by atoms with Crippen LogP contribution in [0.25, 0.3) is 0 Å². The molecule has 126 valence electrons. The van der Waals surface area contributed by atoms with E-state index >= 15 is 0 Å². The Morgan fingerprint density at radius 3 is 2.83 bits per heavy atom. The molecule has 1 aliphatic rings. The van der Waals surface area contributed by atoms with Crippen LogP contribution < -0.4 is 5.32 Å². The Kier molecular flexibility index (Phi) is 4.81. The summed E-state index contributed by atoms with van der Waals surface area (Å²) in [5.41, 5.74) is 2.47. The van der Waals surface area contributed by atoms with Crippen molar-refractivity contribution in [1.82, 2.24) is 9.88 Å². The number of carboxylic acid groups (broad SMARTS) is 1. The van der Waals surface area contributed by atoms with Crippen LogP contribution in [0.5, 0.6) is 0 Å². The van der Waals surface area contributed by atoms with Gasteiger partial charge in [0.1, 0.15) is 6.61 Å². The number of aromatic carboxylic acids is 1. The zero-order valence-corrected chi connectivity index (χ0v) is 13.0. The van der Waals surface area contributed by atoms with Gasteiger partial charge in [-0.15, -0.1) is 0 Å². The second kappa shape index (κ2) is 7.18. The van der Waals surface area contributed by atoms with E-state index in [4.69, 9.17) is 9.47 Å². The van der Waals surface area contributed by atoms with E-state index in [1.807, 2.05) is 34.9 Å². The molecule has 0 fully saturated rings. The maximum absolute atomic E-state index is 11.8. The van der Waals surface area contributed by atoms with Gasteiger partial charge in [0.05, 0.1) is 31.0 Å². The van der Waals surface area contributed by atoms with E-state index in [0.717, 1.165) is 11.3 Å². The molecule has 2 aromatic rings. The molecule has 0 saturated heterocycles. The summed E-state index contributed by atoms with van der Waals surface area (Å²) in [6, 6.07) is 11.0. The molecular formula is C17H18N2O5. The highest BCUT2D eigenvalue weighted by atomic mass is 16.5. The predicted molar refractivity (Wildman–Crippen MR) is 84.5 cm³/mol. The number of rotatable bonds is 5. The van der Waals surface area contributed by atoms with Crippen molar-refractivity contribution in [2.24, 2.45) is 0 Å². The van der Waals surface area contributed by atoms with Gasteiger partial charge >= 0.3 is 12.1 Å². The minimum absolute atomic E-state index is 0.188. The molecular weight excluding hydrogens is 312 g/mol. The van der Waals surface area contributed by atoms with Gasteiger partial charge in [0, 0.05) is 12.2 Å². The van der Waals surface area contributed by atoms with Crippen LogP contribution >= 0.6 is 0 Å². The summed E-state index contributed by atoms with van der Waals surface area (Å²) >= 11 is 0. The Balaban J connectivity index is 1.60. The van der Waals surface area contributed by atoms with E-state index < -0.39 is 12.1 Å². The van der Waals surface area contributed by atoms with Gasteiger partial charge in [-0.1, -0.05) is 30.3 Å². The van der Waals surface area contributed by atoms with Gasteiger partial charge in [-0.25, -0.2) is 9.59 Å². The number of alkyl carbamates (subject to hydrolysis) is 1. The second-order valence-electron chi connectivity index (χ2n) is 5.42. The number of nitrogens with one attached hydrogen (secondary N) is 1. The van der Waals surface area contributed by atoms with E-state index in [1.165, 1.54) is 0 Å². The van der Waals surface area contributed by atoms with Crippen LogP contribution in [0.2, 0.25) is 0 Å². The van der Waals surface area contributed by atoms with Crippen molar-refractivity contribution in [3.8, 4) is 0 Å². The van der Waals surface area contributed by atoms with Crippen LogP contribution in [0.4, 0.5) is 4.79 Å². The Hall–Kier alpha value is -2.80. The maximum Gasteiger partial charge on any atom is 0.407 e. The van der Waals surface area contributed by atoms with Crippen molar-refractivity contribution in [2.45, 2.75) is 26.3 Å². The highest BCUT2D eigenvalue weighted by Crippen LogP contribution is 2.21. The van der Waals surface area contributed by atoms with E-state index in [1.54, 1.807) is 6.07 Å². The highest BCUT2D eigenvalue weighted by molar-refractivity contribution is 5.89. The number of nitrogens with zero attached hydrogens (tertiary/aromatic N) is 1. The largest absolute Gasteiger partial charge is 0.478 e. The number of aromatic nitrogens is 1. The van der Waals surface area contributed by atoms with Crippen LogP contribution in [-0.2, 0) is 35.8 Å². The van der Waals surface area contributed by atoms with Crippen LogP contribution in [0.1, 0.15) is 27.3 Å². The van der Waals surface area contributed by atoms with Gasteiger partial charge in [-0.05, 0) is 11.6 Å². The van der Waals surface area contributed by atoms with Crippen molar-refractivity contribution >= 4 is 12.1 Å². The zero-order chi connectivity index (χ0) is 16.9. The number of carbonyl (C=O) groups is 2. The summed E-state index contributed by atoms with van der Waals surface area (Å²) in [7, 11) is 0. The molecule has 0 spiro atoms. The first kappa shape index (κ1) is 16.1. The van der Waals surface area contributed by atoms with Gasteiger partial charge < -0.3 is 24.5 Å². The zero-order valence-electron chi connectivity index (χ0n) is 13.0. The fourth-order valence-electron chi connectivity index (χ4n) is 2.67. The number of amides is 1. The van der Waals surface area contributed by atoms with E-state index in [9.17, 15) is 14.7 Å². The average Bonchev–Trinajstić information content (AvgIpc) is 2.98. The molecule has 0 unspecified atom stereocenters. The van der Waals surface area contributed by atoms with Gasteiger partial charge in [0.15, 0.2) is 0 Å². The predicted octanol–water partition coefficient (Wildman–Crippen LogP) is 2.14. The number of fused-ring (bicyclic) bond motifs is 1. The summed E-state index contributed by atoms with van der Waals surface area (Å²) in [4.78, 5) is 23.1. The van der Waals surface area contributed by atoms with Gasteiger partial charge in [-0.2, -0.15) is 0 Å². The monoisotopic (exact) mass is 330 g/mol. The SMILES string of the molecule is O=C(NCc1cc(C(=O)O)c2n1CCOC2)OCc1ccccc1. The Labute approximate surface area is 138 Å². The van der Waals surface area contributed by atoms with E-state index in [0.29, 0.717) is 18.8 Å². The third-order valence-electron chi connectivity index (χ3n) is 3.85. The molecule has 2 N–H and O–H groups in total. The van der Waals surface area contributed by atoms with Crippen molar-refractivity contribution < 1.29 is 24.2 Å². The fourth-order valence-corrected chi connectivity index (χ4v) is 2.67. The van der Waals surface area contributed by atoms with Gasteiger partial charge in [-0.3, -0.25) is 0 Å². The lowest BCUT2D eigenvalue weighted by Crippen LogP contribution is -2.26. The number of carboxylic acids is 1. The molecule has 24 heavy (non-hydrogen) atoms. The number of benzene rings is 1. The Bertz CT molecular complexity index is 739. The lowest BCUT2D eigenvalue weighted by atomic mass is 10.2. The van der Waals surface area contributed by atoms with Crippen LogP contribution in [-0.4, -0.2) is 28.3 Å². The third kappa shape index (κ3) is 3.57. The molecule has 0 radical (unpaired) electrons. The average molecular weight is 330 g/mol. The molecule has 1 amide bonds. The lowest BCUT2D eigenvalue weighted by molar-refractivity contribution is 0.0659. The molecule has 0 saturated carbocycles. The first-order valence-electron chi connectivity index (χ1n) is 7.62. The maximum atomic E-state index is 11.8. The summed E-state index contributed by atoms with van der Waals surface area (Å²) in [5, 5.41) is 11.9. The third-order valence-corrected chi connectivity index (χ3v) is 3.85. The summed E-state index contributed by atoms with van der Waals surface area (Å²) in [6.07, 6.45) is -0.543. The quantitative estimate of drug-likeness (QED) is 0.877. The van der Waals surface area contributed by atoms with Crippen molar-refractivity contribution in [3.63, 3.8) is 0 Å². The minimum Gasteiger partial charge on any atom is -0.478 e. The van der Waals surface area contributed by atoms with E-state index in [2.05, 4.69) is 5.32 Å². The number of hydrogen-bond donors (Lipinski definition) is 2. The van der Waals surface area contributed by atoms with Crippen LogP contribution in [0.3, 0.4) is 0 Å². The van der Waals surface area contributed by atoms with E-state index in [-0.39, 0.29) is 25.3 Å². The number of carbonyl (C=O) groups excluding carboxylic acids is 1. The molecule has 1 aliphatic heterocycles. The van der Waals surface area contributed by atoms with Crippen molar-refractivity contribution in [2.75, 3.05) is 6.61 Å². The molecule has 0 atom stereocenters. The molecule has 7 heteroatoms. The smallest absolute Gasteiger partial charge is 0.407 e. The number of ether oxygens (including phenoxy) is 2. The fraction of sp³-hybridized carbons (Fsp3) is 0.294. The summed E-state index contributed by atoms with van der Waals surface area (Å²) < 4.78 is 12.3. The Morgan fingerprint density at radius 2 is 2.08 bits per heavy atom. The standard InChI is InChI=1S/C17H18N2O5/c20-16(21)14-8-13(19-6-7-23-11-15(14)19)9-18-17(22)24-10-12-4-2-1-3-5-12/h1-5,8H,6-7,9-11H2,(H,18,22)(H,20,21). The molecule has 1 aromatic carbocycles. The molecule has 0 aliphatic carbocycles. The first-order chi connectivity index (χ1) is 11.6. The van der Waals surface area contributed by atoms with Crippen LogP contribution in [0.15, 0.2) is 36.4 Å². The normalized spacial score (nSPS) is 13.2. The summed E-state index contributed by atoms with van der Waals surface area (Å²) in [6.45, 7) is 1.74. The molecule has 0 bridgehead atoms. The first-order valence-corrected chi connectivity index (χ1v) is 7.62. The topological polar surface area (TPSA) is 89.8 Å². The molecule has 7 nitrogen and oxygen atoms in total. The van der Waals surface area contributed by atoms with Gasteiger partial charge in [0.25, 0.3) is 0 Å². The van der Waals surface area contributed by atoms with Crippen molar-refractivity contribution in [1.29, 1.82) is 0 Å². The second-order valence-corrected chi connectivity index (χ2v) is 5.42. The van der Waals surface area contributed by atoms with Gasteiger partial charge in [0.2, 0.25) is 0 Å². The van der Waals surface area contributed by atoms with Crippen LogP contribution in [0, 0.1) is 0 Å².